The van der Waals surface area contributed by atoms with Crippen LogP contribution >= 0.6 is 0 Å². The number of halogens is 1. The Morgan fingerprint density at radius 3 is 2.32 bits per heavy atom. The fourth-order valence-electron chi connectivity index (χ4n) is 4.22. The number of carbonyl (C=O) groups excluding carboxylic acids is 1. The van der Waals surface area contributed by atoms with Crippen molar-refractivity contribution in [2.75, 3.05) is 36.4 Å². The van der Waals surface area contributed by atoms with Gasteiger partial charge in [-0.15, -0.1) is 0 Å². The second-order valence-electron chi connectivity index (χ2n) is 9.01. The summed E-state index contributed by atoms with van der Waals surface area (Å²) in [4.78, 5) is 26.4. The first-order valence-electron chi connectivity index (χ1n) is 12.2. The number of aromatic nitrogens is 2. The molecule has 37 heavy (non-hydrogen) atoms. The minimum atomic E-state index is -0.327. The Balaban J connectivity index is 1.22. The van der Waals surface area contributed by atoms with E-state index in [9.17, 15) is 9.18 Å². The molecule has 7 nitrogen and oxygen atoms in total. The first kappa shape index (κ1) is 24.2. The summed E-state index contributed by atoms with van der Waals surface area (Å²) in [7, 11) is 0. The van der Waals surface area contributed by atoms with Crippen molar-refractivity contribution in [1.29, 1.82) is 0 Å². The van der Waals surface area contributed by atoms with Gasteiger partial charge in [-0.25, -0.2) is 14.4 Å². The molecule has 0 atom stereocenters. The van der Waals surface area contributed by atoms with Crippen molar-refractivity contribution in [3.8, 4) is 11.5 Å². The van der Waals surface area contributed by atoms with Crippen molar-refractivity contribution in [3.05, 3.63) is 102 Å². The number of nitrogens with zero attached hydrogens (tertiary/aromatic N) is 4. The average Bonchev–Trinajstić information content (AvgIpc) is 2.91. The van der Waals surface area contributed by atoms with E-state index in [-0.39, 0.29) is 11.7 Å². The lowest BCUT2D eigenvalue weighted by molar-refractivity contribution is 0.0746. The van der Waals surface area contributed by atoms with Crippen LogP contribution in [0.3, 0.4) is 0 Å². The Morgan fingerprint density at radius 1 is 0.865 bits per heavy atom. The van der Waals surface area contributed by atoms with Crippen LogP contribution in [0.1, 0.15) is 21.7 Å². The Labute approximate surface area is 215 Å². The van der Waals surface area contributed by atoms with Gasteiger partial charge < -0.3 is 19.9 Å². The molecule has 0 unspecified atom stereocenters. The monoisotopic (exact) mass is 497 g/mol. The Kier molecular flexibility index (Phi) is 6.98. The maximum atomic E-state index is 13.2. The molecule has 1 N–H and O–H groups in total. The van der Waals surface area contributed by atoms with Crippen LogP contribution in [-0.4, -0.2) is 47.0 Å². The summed E-state index contributed by atoms with van der Waals surface area (Å²) in [5.74, 6) is 2.92. The molecule has 0 radical (unpaired) electrons. The molecule has 0 spiro atoms. The summed E-state index contributed by atoms with van der Waals surface area (Å²) in [5, 5.41) is 3.35. The first-order chi connectivity index (χ1) is 17.9. The smallest absolute Gasteiger partial charge is 0.254 e. The van der Waals surface area contributed by atoms with Crippen molar-refractivity contribution < 1.29 is 13.9 Å². The number of carbonyl (C=O) groups is 1. The molecule has 4 aromatic rings. The van der Waals surface area contributed by atoms with Gasteiger partial charge in [0.1, 0.15) is 34.8 Å². The van der Waals surface area contributed by atoms with Crippen LogP contribution in [-0.2, 0) is 0 Å². The van der Waals surface area contributed by atoms with E-state index in [4.69, 9.17) is 4.74 Å². The number of anilines is 3. The minimum absolute atomic E-state index is 0.0511. The van der Waals surface area contributed by atoms with Gasteiger partial charge in [0.15, 0.2) is 0 Å². The summed E-state index contributed by atoms with van der Waals surface area (Å²) in [6.07, 6.45) is 0. The van der Waals surface area contributed by atoms with Crippen LogP contribution < -0.4 is 15.0 Å². The molecule has 1 aromatic heterocycles. The van der Waals surface area contributed by atoms with E-state index in [1.165, 1.54) is 17.7 Å². The van der Waals surface area contributed by atoms with Crippen molar-refractivity contribution in [1.82, 2.24) is 14.9 Å². The molecule has 3 aromatic carbocycles. The number of aryl methyl sites for hydroxylation is 2. The molecular formula is C29H28FN5O2. The average molecular weight is 498 g/mol. The van der Waals surface area contributed by atoms with Gasteiger partial charge in [0.05, 0.1) is 0 Å². The lowest BCUT2D eigenvalue weighted by Crippen LogP contribution is -2.49. The quantitative estimate of drug-likeness (QED) is 0.367. The molecule has 2 heterocycles. The van der Waals surface area contributed by atoms with E-state index in [1.54, 1.807) is 36.4 Å². The molecule has 1 saturated heterocycles. The van der Waals surface area contributed by atoms with Crippen molar-refractivity contribution >= 4 is 23.2 Å². The predicted molar refractivity (Wildman–Crippen MR) is 142 cm³/mol. The van der Waals surface area contributed by atoms with E-state index < -0.39 is 0 Å². The molecule has 1 fully saturated rings. The lowest BCUT2D eigenvalue weighted by Gasteiger charge is -2.35. The van der Waals surface area contributed by atoms with E-state index in [0.717, 1.165) is 17.3 Å². The fraction of sp³-hybridized carbons (Fsp3) is 0.207. The minimum Gasteiger partial charge on any atom is -0.457 e. The maximum absolute atomic E-state index is 13.2. The number of piperazine rings is 1. The normalized spacial score (nSPS) is 13.4. The van der Waals surface area contributed by atoms with E-state index in [1.807, 2.05) is 30.0 Å². The largest absolute Gasteiger partial charge is 0.457 e. The third-order valence-corrected chi connectivity index (χ3v) is 6.17. The maximum Gasteiger partial charge on any atom is 0.254 e. The van der Waals surface area contributed by atoms with Crippen LogP contribution in [0, 0.1) is 19.7 Å². The van der Waals surface area contributed by atoms with Crippen LogP contribution in [0.5, 0.6) is 11.5 Å². The third kappa shape index (κ3) is 6.03. The Hall–Kier alpha value is -4.46. The molecule has 1 aliphatic rings. The van der Waals surface area contributed by atoms with E-state index >= 15 is 0 Å². The van der Waals surface area contributed by atoms with Crippen molar-refractivity contribution in [3.63, 3.8) is 0 Å². The lowest BCUT2D eigenvalue weighted by atomic mass is 10.1. The zero-order valence-electron chi connectivity index (χ0n) is 20.8. The number of amides is 1. The molecule has 1 amide bonds. The van der Waals surface area contributed by atoms with Crippen LogP contribution in [0.15, 0.2) is 78.9 Å². The zero-order chi connectivity index (χ0) is 25.8. The molecule has 0 bridgehead atoms. The summed E-state index contributed by atoms with van der Waals surface area (Å²) >= 11 is 0. The summed E-state index contributed by atoms with van der Waals surface area (Å²) in [6, 6.07) is 22.9. The summed E-state index contributed by atoms with van der Waals surface area (Å²) in [5.41, 5.74) is 2.72. The van der Waals surface area contributed by atoms with Crippen molar-refractivity contribution in [2.24, 2.45) is 0 Å². The highest BCUT2D eigenvalue weighted by molar-refractivity contribution is 5.94. The highest BCUT2D eigenvalue weighted by Gasteiger charge is 2.24. The number of hydrogen-bond donors (Lipinski definition) is 1. The second kappa shape index (κ2) is 10.7. The van der Waals surface area contributed by atoms with Gasteiger partial charge in [0.25, 0.3) is 5.91 Å². The molecule has 1 aliphatic heterocycles. The van der Waals surface area contributed by atoms with Gasteiger partial charge in [-0.3, -0.25) is 4.79 Å². The SMILES string of the molecule is Cc1ccc(Nc2cc(N3CCN(C(=O)c4cccc(Oc5ccc(F)cc5)c4)CC3)nc(C)n2)cc1. The number of benzene rings is 3. The van der Waals surface area contributed by atoms with Gasteiger partial charge >= 0.3 is 0 Å². The summed E-state index contributed by atoms with van der Waals surface area (Å²) < 4.78 is 18.9. The Bertz CT molecular complexity index is 1380. The topological polar surface area (TPSA) is 70.6 Å². The second-order valence-corrected chi connectivity index (χ2v) is 9.01. The van der Waals surface area contributed by atoms with Crippen LogP contribution in [0.4, 0.5) is 21.7 Å². The summed E-state index contributed by atoms with van der Waals surface area (Å²) in [6.45, 7) is 6.41. The van der Waals surface area contributed by atoms with Crippen molar-refractivity contribution in [2.45, 2.75) is 13.8 Å². The fourth-order valence-corrected chi connectivity index (χ4v) is 4.22. The highest BCUT2D eigenvalue weighted by Crippen LogP contribution is 2.25. The molecule has 5 rings (SSSR count). The van der Waals surface area contributed by atoms with Gasteiger partial charge in [-0.05, 0) is 68.4 Å². The number of hydrogen-bond acceptors (Lipinski definition) is 6. The van der Waals surface area contributed by atoms with Gasteiger partial charge in [0.2, 0.25) is 0 Å². The van der Waals surface area contributed by atoms with Gasteiger partial charge in [-0.1, -0.05) is 23.8 Å². The third-order valence-electron chi connectivity index (χ3n) is 6.17. The number of ether oxygens (including phenoxy) is 1. The van der Waals surface area contributed by atoms with Crippen LogP contribution in [0.25, 0.3) is 0 Å². The van der Waals surface area contributed by atoms with Gasteiger partial charge in [-0.2, -0.15) is 0 Å². The van der Waals surface area contributed by atoms with E-state index in [0.29, 0.717) is 49.1 Å². The molecule has 0 aliphatic carbocycles. The highest BCUT2D eigenvalue weighted by atomic mass is 19.1. The molecular weight excluding hydrogens is 469 g/mol. The standard InChI is InChI=1S/C29H28FN5O2/c1-20-6-10-24(11-7-20)33-27-19-28(32-21(2)31-27)34-14-16-35(17-15-34)29(36)22-4-3-5-26(18-22)37-25-12-8-23(30)9-13-25/h3-13,18-19H,14-17H2,1-2H3,(H,31,32,33). The molecule has 0 saturated carbocycles. The first-order valence-corrected chi connectivity index (χ1v) is 12.2. The van der Waals surface area contributed by atoms with E-state index in [2.05, 4.69) is 39.2 Å². The predicted octanol–water partition coefficient (Wildman–Crippen LogP) is 5.73. The number of rotatable bonds is 6. The molecule has 188 valence electrons. The van der Waals surface area contributed by atoms with Gasteiger partial charge in [0, 0.05) is 43.5 Å². The molecule has 8 heteroatoms. The Morgan fingerprint density at radius 2 is 1.59 bits per heavy atom. The number of nitrogens with one attached hydrogen (secondary N) is 1. The zero-order valence-corrected chi connectivity index (χ0v) is 20.8. The van der Waals surface area contributed by atoms with Crippen LogP contribution in [0.2, 0.25) is 0 Å².